The van der Waals surface area contributed by atoms with Gasteiger partial charge in [0.25, 0.3) is 0 Å². The summed E-state index contributed by atoms with van der Waals surface area (Å²) in [5.41, 5.74) is 3.34. The molecule has 0 aromatic heterocycles. The van der Waals surface area contributed by atoms with Crippen molar-refractivity contribution in [1.82, 2.24) is 0 Å². The molecule has 0 N–H and O–H groups in total. The van der Waals surface area contributed by atoms with Gasteiger partial charge in [0.05, 0.1) is 5.54 Å². The number of allylic oxidation sites excluding steroid dienone is 1. The molecular weight excluding hydrogens is 416 g/mol. The minimum Gasteiger partial charge on any atom is -0.294 e. The molecule has 0 radical (unpaired) electrons. The van der Waals surface area contributed by atoms with E-state index in [1.54, 1.807) is 11.8 Å². The molecule has 2 nitrogen and oxygen atoms in total. The molecule has 25 heavy (non-hydrogen) atoms. The van der Waals surface area contributed by atoms with Crippen LogP contribution in [-0.4, -0.2) is 10.7 Å². The number of benzene rings is 2. The highest BCUT2D eigenvalue weighted by atomic mass is 79.9. The largest absolute Gasteiger partial charge is 0.294 e. The summed E-state index contributed by atoms with van der Waals surface area (Å²) in [6.45, 7) is 6.40. The summed E-state index contributed by atoms with van der Waals surface area (Å²) in [6.07, 6.45) is 2.20. The molecule has 3 rings (SSSR count). The van der Waals surface area contributed by atoms with E-state index in [1.165, 1.54) is 11.3 Å². The maximum absolute atomic E-state index is 6.05. The van der Waals surface area contributed by atoms with E-state index in [0.29, 0.717) is 0 Å². The van der Waals surface area contributed by atoms with Crippen LogP contribution in [0.5, 0.6) is 0 Å². The topological polar surface area (TPSA) is 15.6 Å². The molecule has 0 saturated carbocycles. The van der Waals surface area contributed by atoms with Gasteiger partial charge in [0.15, 0.2) is 5.17 Å². The van der Waals surface area contributed by atoms with Crippen molar-refractivity contribution in [2.75, 3.05) is 4.90 Å². The molecule has 0 bridgehead atoms. The summed E-state index contributed by atoms with van der Waals surface area (Å²) in [6, 6.07) is 16.3. The van der Waals surface area contributed by atoms with Gasteiger partial charge in [0.1, 0.15) is 0 Å². The first-order valence-corrected chi connectivity index (χ1v) is 10.2. The molecule has 0 amide bonds. The highest BCUT2D eigenvalue weighted by Crippen LogP contribution is 2.33. The second-order valence-corrected chi connectivity index (χ2v) is 8.86. The lowest BCUT2D eigenvalue weighted by molar-refractivity contribution is 0.642. The van der Waals surface area contributed by atoms with Gasteiger partial charge in [-0.25, -0.2) is 0 Å². The number of rotatable bonds is 3. The van der Waals surface area contributed by atoms with Gasteiger partial charge >= 0.3 is 0 Å². The number of amidine groups is 1. The minimum atomic E-state index is -0.199. The molecular formula is C20H20BrClN2S. The maximum Gasteiger partial charge on any atom is 0.169 e. The predicted octanol–water partition coefficient (Wildman–Crippen LogP) is 6.89. The Labute approximate surface area is 167 Å². The van der Waals surface area contributed by atoms with Crippen LogP contribution in [0.25, 0.3) is 0 Å². The van der Waals surface area contributed by atoms with Crippen LogP contribution in [-0.2, 0) is 5.75 Å². The third-order valence-electron chi connectivity index (χ3n) is 3.86. The number of halogens is 2. The Bertz CT molecular complexity index is 811. The fourth-order valence-electron chi connectivity index (χ4n) is 2.78. The molecule has 0 atom stereocenters. The summed E-state index contributed by atoms with van der Waals surface area (Å²) in [5.74, 6) is 0.875. The van der Waals surface area contributed by atoms with E-state index in [1.807, 2.05) is 24.3 Å². The van der Waals surface area contributed by atoms with E-state index in [0.717, 1.165) is 26.1 Å². The molecule has 2 aromatic carbocycles. The van der Waals surface area contributed by atoms with Crippen molar-refractivity contribution < 1.29 is 0 Å². The quantitative estimate of drug-likeness (QED) is 0.521. The van der Waals surface area contributed by atoms with Crippen LogP contribution < -0.4 is 4.90 Å². The average Bonchev–Trinajstić information content (AvgIpc) is 2.54. The zero-order chi connectivity index (χ0) is 18.0. The van der Waals surface area contributed by atoms with E-state index < -0.39 is 0 Å². The lowest BCUT2D eigenvalue weighted by atomic mass is 10.0. The van der Waals surface area contributed by atoms with Crippen molar-refractivity contribution in [3.8, 4) is 0 Å². The van der Waals surface area contributed by atoms with Gasteiger partial charge in [-0.3, -0.25) is 9.89 Å². The van der Waals surface area contributed by atoms with Gasteiger partial charge in [-0.2, -0.15) is 0 Å². The second-order valence-electron chi connectivity index (χ2n) is 6.56. The van der Waals surface area contributed by atoms with E-state index >= 15 is 0 Å². The predicted molar refractivity (Wildman–Crippen MR) is 115 cm³/mol. The lowest BCUT2D eigenvalue weighted by Gasteiger charge is -2.34. The molecule has 1 heterocycles. The Morgan fingerprint density at radius 1 is 1.08 bits per heavy atom. The van der Waals surface area contributed by atoms with E-state index in [2.05, 4.69) is 71.9 Å². The van der Waals surface area contributed by atoms with Crippen LogP contribution in [0.4, 0.5) is 5.69 Å². The third kappa shape index (κ3) is 4.69. The first kappa shape index (κ1) is 18.6. The van der Waals surface area contributed by atoms with Crippen molar-refractivity contribution in [2.45, 2.75) is 32.1 Å². The van der Waals surface area contributed by atoms with E-state index in [-0.39, 0.29) is 5.54 Å². The van der Waals surface area contributed by atoms with Crippen LogP contribution >= 0.6 is 39.3 Å². The second kappa shape index (κ2) is 7.56. The highest BCUT2D eigenvalue weighted by Gasteiger charge is 2.27. The van der Waals surface area contributed by atoms with Gasteiger partial charge in [-0.05, 0) is 68.8 Å². The smallest absolute Gasteiger partial charge is 0.169 e. The molecule has 130 valence electrons. The standard InChI is InChI=1S/C20H20BrClN2S/c1-14-12-20(2,3)23-19(24(14)18-10-8-17(22)9-11-18)25-13-15-4-6-16(21)7-5-15/h4-12H,13H2,1-3H3. The van der Waals surface area contributed by atoms with Gasteiger partial charge in [0.2, 0.25) is 0 Å². The molecule has 0 fully saturated rings. The Kier molecular flexibility index (Phi) is 5.62. The van der Waals surface area contributed by atoms with E-state index in [9.17, 15) is 0 Å². The Morgan fingerprint density at radius 2 is 1.72 bits per heavy atom. The van der Waals surface area contributed by atoms with Crippen molar-refractivity contribution in [3.05, 3.63) is 75.4 Å². The van der Waals surface area contributed by atoms with Gasteiger partial charge < -0.3 is 0 Å². The van der Waals surface area contributed by atoms with Crippen LogP contribution in [0, 0.1) is 0 Å². The molecule has 0 spiro atoms. The van der Waals surface area contributed by atoms with E-state index in [4.69, 9.17) is 16.6 Å². The van der Waals surface area contributed by atoms with Gasteiger partial charge in [-0.1, -0.05) is 51.4 Å². The normalized spacial score (nSPS) is 16.4. The molecule has 0 aliphatic carbocycles. The van der Waals surface area contributed by atoms with Crippen LogP contribution in [0.2, 0.25) is 5.02 Å². The summed E-state index contributed by atoms with van der Waals surface area (Å²) >= 11 is 11.3. The summed E-state index contributed by atoms with van der Waals surface area (Å²) in [4.78, 5) is 7.16. The van der Waals surface area contributed by atoms with Crippen molar-refractivity contribution in [3.63, 3.8) is 0 Å². The fraction of sp³-hybridized carbons (Fsp3) is 0.250. The molecule has 1 aliphatic heterocycles. The molecule has 5 heteroatoms. The van der Waals surface area contributed by atoms with Crippen LogP contribution in [0.15, 0.2) is 69.8 Å². The van der Waals surface area contributed by atoms with Crippen molar-refractivity contribution in [2.24, 2.45) is 4.99 Å². The van der Waals surface area contributed by atoms with Crippen molar-refractivity contribution >= 4 is 50.1 Å². The fourth-order valence-corrected chi connectivity index (χ4v) is 4.34. The number of thioether (sulfide) groups is 1. The Balaban J connectivity index is 1.87. The van der Waals surface area contributed by atoms with Crippen molar-refractivity contribution in [1.29, 1.82) is 0 Å². The molecule has 0 saturated heterocycles. The highest BCUT2D eigenvalue weighted by molar-refractivity contribution is 9.10. The van der Waals surface area contributed by atoms with Gasteiger partial charge in [-0.15, -0.1) is 0 Å². The monoisotopic (exact) mass is 434 g/mol. The minimum absolute atomic E-state index is 0.199. The number of nitrogens with zero attached hydrogens (tertiary/aromatic N) is 2. The molecule has 0 unspecified atom stereocenters. The molecule has 1 aliphatic rings. The number of aliphatic imine (C=N–C) groups is 1. The zero-order valence-corrected chi connectivity index (χ0v) is 17.6. The Hall–Kier alpha value is -1.23. The van der Waals surface area contributed by atoms with Crippen LogP contribution in [0.1, 0.15) is 26.3 Å². The van der Waals surface area contributed by atoms with Gasteiger partial charge in [0, 0.05) is 26.6 Å². The number of anilines is 1. The molecule has 2 aromatic rings. The zero-order valence-electron chi connectivity index (χ0n) is 14.5. The van der Waals surface area contributed by atoms with Crippen LogP contribution in [0.3, 0.4) is 0 Å². The third-order valence-corrected chi connectivity index (χ3v) is 5.65. The number of hydrogen-bond donors (Lipinski definition) is 0. The first-order chi connectivity index (χ1) is 11.8. The summed E-state index contributed by atoms with van der Waals surface area (Å²) < 4.78 is 1.10. The SMILES string of the molecule is CC1=CC(C)(C)N=C(SCc2ccc(Br)cc2)N1c1ccc(Cl)cc1. The Morgan fingerprint density at radius 3 is 2.36 bits per heavy atom. The maximum atomic E-state index is 6.05. The summed E-state index contributed by atoms with van der Waals surface area (Å²) in [5, 5.41) is 1.75. The summed E-state index contributed by atoms with van der Waals surface area (Å²) in [7, 11) is 0. The average molecular weight is 436 g/mol. The number of hydrogen-bond acceptors (Lipinski definition) is 3. The first-order valence-electron chi connectivity index (χ1n) is 8.06. The lowest BCUT2D eigenvalue weighted by Crippen LogP contribution is -2.35.